The first-order chi connectivity index (χ1) is 11.4. The summed E-state index contributed by atoms with van der Waals surface area (Å²) in [4.78, 5) is 12.5. The van der Waals surface area contributed by atoms with E-state index in [0.29, 0.717) is 12.6 Å². The summed E-state index contributed by atoms with van der Waals surface area (Å²) in [6.45, 7) is 12.2. The van der Waals surface area contributed by atoms with Gasteiger partial charge in [0.2, 0.25) is 0 Å². The summed E-state index contributed by atoms with van der Waals surface area (Å²) in [5.41, 5.74) is 0. The predicted octanol–water partition coefficient (Wildman–Crippen LogP) is 5.65. The van der Waals surface area contributed by atoms with Gasteiger partial charge in [-0.1, -0.05) is 65.0 Å². The molecular weight excluding hydrogens is 288 g/mol. The van der Waals surface area contributed by atoms with Crippen molar-refractivity contribution in [2.45, 2.75) is 91.6 Å². The fraction of sp³-hybridized carbons (Fsp3) is 1.00. The molecule has 1 aliphatic heterocycles. The number of nitroso groups, excluding NO2 is 1. The summed E-state index contributed by atoms with van der Waals surface area (Å²) in [5.74, 6) is 0. The van der Waals surface area contributed by atoms with Gasteiger partial charge in [-0.2, -0.15) is 4.91 Å². The van der Waals surface area contributed by atoms with E-state index in [1.165, 1.54) is 64.6 Å². The van der Waals surface area contributed by atoms with Crippen molar-refractivity contribution >= 4 is 0 Å². The van der Waals surface area contributed by atoms with E-state index in [4.69, 9.17) is 4.74 Å². The lowest BCUT2D eigenvalue weighted by molar-refractivity contribution is 0.0407. The van der Waals surface area contributed by atoms with Crippen molar-refractivity contribution in [1.82, 2.24) is 4.90 Å². The van der Waals surface area contributed by atoms with Crippen molar-refractivity contribution in [3.05, 3.63) is 4.91 Å². The molecule has 4 nitrogen and oxygen atoms in total. The van der Waals surface area contributed by atoms with E-state index in [9.17, 15) is 4.91 Å². The summed E-state index contributed by atoms with van der Waals surface area (Å²) in [5, 5.41) is 2.88. The molecule has 4 heteroatoms. The molecule has 0 aromatic carbocycles. The summed E-state index contributed by atoms with van der Waals surface area (Å²) in [6, 6.07) is 0. The largest absolute Gasteiger partial charge is 0.381 e. The zero-order valence-corrected chi connectivity index (χ0v) is 16.5. The molecule has 0 spiro atoms. The van der Waals surface area contributed by atoms with Crippen LogP contribution in [0, 0.1) is 4.91 Å². The molecule has 0 aliphatic carbocycles. The second-order valence-corrected chi connectivity index (χ2v) is 5.60. The van der Waals surface area contributed by atoms with Gasteiger partial charge in [0.15, 0.2) is 0 Å². The molecule has 0 atom stereocenters. The quantitative estimate of drug-likeness (QED) is 0.363. The minimum atomic E-state index is 0.497. The molecule has 0 aromatic heterocycles. The Morgan fingerprint density at radius 2 is 1.35 bits per heavy atom. The Hall–Kier alpha value is -0.480. The minimum absolute atomic E-state index is 0.497. The van der Waals surface area contributed by atoms with Gasteiger partial charge < -0.3 is 9.64 Å². The van der Waals surface area contributed by atoms with E-state index in [0.717, 1.165) is 12.8 Å². The van der Waals surface area contributed by atoms with Gasteiger partial charge in [0.05, 0.1) is 12.6 Å². The highest BCUT2D eigenvalue weighted by Crippen LogP contribution is 2.14. The fourth-order valence-corrected chi connectivity index (χ4v) is 2.76. The van der Waals surface area contributed by atoms with Crippen LogP contribution in [0.4, 0.5) is 0 Å². The van der Waals surface area contributed by atoms with Gasteiger partial charge in [0, 0.05) is 20.2 Å². The smallest absolute Gasteiger partial charge is 0.0811 e. The lowest BCUT2D eigenvalue weighted by Gasteiger charge is -2.31. The second kappa shape index (κ2) is 21.5. The number of ether oxygens (including phenoxy) is 1. The molecule has 0 unspecified atom stereocenters. The molecule has 0 amide bonds. The van der Waals surface area contributed by atoms with E-state index in [-0.39, 0.29) is 0 Å². The third-order valence-electron chi connectivity index (χ3n) is 4.09. The Bertz CT molecular complexity index is 217. The number of likely N-dealkylation sites (tertiary alicyclic amines) is 1. The van der Waals surface area contributed by atoms with Gasteiger partial charge in [-0.25, -0.2) is 0 Å². The number of hydrogen-bond donors (Lipinski definition) is 0. The molecule has 0 saturated carbocycles. The molecule has 1 saturated heterocycles. The third kappa shape index (κ3) is 16.2. The third-order valence-corrected chi connectivity index (χ3v) is 4.09. The number of nitrogens with zero attached hydrogens (tertiary/aromatic N) is 2. The van der Waals surface area contributed by atoms with Crippen molar-refractivity contribution in [3.63, 3.8) is 0 Å². The van der Waals surface area contributed by atoms with E-state index in [1.54, 1.807) is 0 Å². The van der Waals surface area contributed by atoms with Crippen molar-refractivity contribution in [3.8, 4) is 0 Å². The first kappa shape index (κ1) is 24.8. The van der Waals surface area contributed by atoms with Crippen LogP contribution in [0.15, 0.2) is 5.18 Å². The van der Waals surface area contributed by atoms with E-state index in [2.05, 4.69) is 10.1 Å². The number of unbranched alkanes of at least 4 members (excludes halogenated alkanes) is 6. The molecule has 0 N–H and O–H groups in total. The van der Waals surface area contributed by atoms with Gasteiger partial charge in [-0.15, -0.1) is 0 Å². The molecule has 1 rings (SSSR count). The monoisotopic (exact) mass is 330 g/mol. The zero-order valence-electron chi connectivity index (χ0n) is 16.5. The van der Waals surface area contributed by atoms with Crippen LogP contribution < -0.4 is 0 Å². The average Bonchev–Trinajstić information content (AvgIpc) is 2.64. The first-order valence-corrected chi connectivity index (χ1v) is 9.91. The standard InChI is InChI=1S/C15H30N2O2.2C2H6/c1-19-15-9-13-17(14-10-15)12-8-6-4-2-3-5-7-11-16-18;2*1-2/h15H,2-14H2,1H3;2*1-2H3. The van der Waals surface area contributed by atoms with Gasteiger partial charge in [-0.05, 0) is 32.2 Å². The van der Waals surface area contributed by atoms with Crippen molar-refractivity contribution in [2.24, 2.45) is 5.18 Å². The minimum Gasteiger partial charge on any atom is -0.381 e. The maximum atomic E-state index is 9.91. The van der Waals surface area contributed by atoms with Gasteiger partial charge >= 0.3 is 0 Å². The van der Waals surface area contributed by atoms with Crippen LogP contribution in [-0.2, 0) is 4.74 Å². The van der Waals surface area contributed by atoms with Crippen LogP contribution in [-0.4, -0.2) is 44.3 Å². The first-order valence-electron chi connectivity index (χ1n) is 9.91. The maximum absolute atomic E-state index is 9.91. The Balaban J connectivity index is 0. The molecule has 1 heterocycles. The van der Waals surface area contributed by atoms with Crippen LogP contribution >= 0.6 is 0 Å². The SMILES string of the molecule is CC.CC.COC1CCN(CCCCCCCCCN=O)CC1. The number of methoxy groups -OCH3 is 1. The van der Waals surface area contributed by atoms with Crippen molar-refractivity contribution in [1.29, 1.82) is 0 Å². The average molecular weight is 331 g/mol. The number of hydrogen-bond acceptors (Lipinski definition) is 4. The van der Waals surface area contributed by atoms with Gasteiger partial charge in [0.1, 0.15) is 0 Å². The Kier molecular flexibility index (Phi) is 23.2. The highest BCUT2D eigenvalue weighted by Gasteiger charge is 2.17. The molecule has 1 fully saturated rings. The molecule has 23 heavy (non-hydrogen) atoms. The van der Waals surface area contributed by atoms with E-state index >= 15 is 0 Å². The molecule has 1 aliphatic rings. The number of piperidine rings is 1. The second-order valence-electron chi connectivity index (χ2n) is 5.60. The Morgan fingerprint density at radius 3 is 1.83 bits per heavy atom. The van der Waals surface area contributed by atoms with Crippen LogP contribution in [0.3, 0.4) is 0 Å². The van der Waals surface area contributed by atoms with Crippen LogP contribution in [0.1, 0.15) is 85.5 Å². The summed E-state index contributed by atoms with van der Waals surface area (Å²) < 4.78 is 5.38. The van der Waals surface area contributed by atoms with Gasteiger partial charge in [-0.3, -0.25) is 0 Å². The molecule has 0 aromatic rings. The molecular formula is C19H42N2O2. The highest BCUT2D eigenvalue weighted by molar-refractivity contribution is 4.71. The van der Waals surface area contributed by atoms with Crippen molar-refractivity contribution in [2.75, 3.05) is 33.3 Å². The highest BCUT2D eigenvalue weighted by atomic mass is 16.5. The fourth-order valence-electron chi connectivity index (χ4n) is 2.76. The molecule has 140 valence electrons. The Labute approximate surface area is 145 Å². The summed E-state index contributed by atoms with van der Waals surface area (Å²) >= 11 is 0. The zero-order chi connectivity index (χ0) is 17.8. The van der Waals surface area contributed by atoms with E-state index in [1.807, 2.05) is 34.8 Å². The molecule has 0 radical (unpaired) electrons. The van der Waals surface area contributed by atoms with E-state index < -0.39 is 0 Å². The van der Waals surface area contributed by atoms with Crippen LogP contribution in [0.2, 0.25) is 0 Å². The summed E-state index contributed by atoms with van der Waals surface area (Å²) in [7, 11) is 1.82. The number of rotatable bonds is 11. The van der Waals surface area contributed by atoms with Crippen molar-refractivity contribution < 1.29 is 4.74 Å². The summed E-state index contributed by atoms with van der Waals surface area (Å²) in [6.07, 6.45) is 11.6. The lowest BCUT2D eigenvalue weighted by Crippen LogP contribution is -2.37. The Morgan fingerprint density at radius 1 is 0.870 bits per heavy atom. The molecule has 0 bridgehead atoms. The topological polar surface area (TPSA) is 41.9 Å². The predicted molar refractivity (Wildman–Crippen MR) is 102 cm³/mol. The van der Waals surface area contributed by atoms with Gasteiger partial charge in [0.25, 0.3) is 0 Å². The lowest BCUT2D eigenvalue weighted by atomic mass is 10.1. The normalized spacial score (nSPS) is 15.2. The van der Waals surface area contributed by atoms with Crippen LogP contribution in [0.25, 0.3) is 0 Å². The maximum Gasteiger partial charge on any atom is 0.0811 e. The van der Waals surface area contributed by atoms with Crippen LogP contribution in [0.5, 0.6) is 0 Å².